The molecule has 0 aliphatic rings. The molecular weight excluding hydrogens is 1940 g/mol. The number of aliphatic hydroxyl groups is 2. The zero-order chi connectivity index (χ0) is 106. The van der Waals surface area contributed by atoms with Gasteiger partial charge in [-0.2, -0.15) is 15.0 Å². The Bertz CT molecular complexity index is 5840. The van der Waals surface area contributed by atoms with Gasteiger partial charge in [-0.05, 0) is 169 Å². The number of nitrogens with one attached hydrogen (secondary N) is 6. The Balaban J connectivity index is 0.000000606. The summed E-state index contributed by atoms with van der Waals surface area (Å²) in [6, 6.07) is 36.1. The molecule has 16 N–H and O–H groups in total. The summed E-state index contributed by atoms with van der Waals surface area (Å²) in [6.45, 7) is 22.8. The van der Waals surface area contributed by atoms with Gasteiger partial charge in [-0.15, -0.1) is 0 Å². The van der Waals surface area contributed by atoms with E-state index in [9.17, 15) is 24.3 Å². The average molecular weight is 2090 g/mol. The van der Waals surface area contributed by atoms with Gasteiger partial charge in [-0.25, -0.2) is 34.5 Å². The van der Waals surface area contributed by atoms with Crippen molar-refractivity contribution in [3.63, 3.8) is 0 Å². The number of ether oxygens (including phenoxy) is 10. The fourth-order valence-electron chi connectivity index (χ4n) is 14.0. The number of aliphatic hydroxyl groups excluding tert-OH is 2. The number of hydrogen-bond acceptors (Lipinski definition) is 39. The monoisotopic (exact) mass is 2090 g/mol. The zero-order valence-corrected chi connectivity index (χ0v) is 92.3. The summed E-state index contributed by atoms with van der Waals surface area (Å²) in [5.74, 6) is 6.80. The van der Waals surface area contributed by atoms with Gasteiger partial charge in [0, 0.05) is 131 Å². The topological polar surface area (TPSA) is 559 Å². The molecule has 12 rings (SSSR count). The van der Waals surface area contributed by atoms with Gasteiger partial charge in [-0.3, -0.25) is 34.4 Å². The first-order chi connectivity index (χ1) is 69.5. The number of aromatic nitrogens is 12. The van der Waals surface area contributed by atoms with Gasteiger partial charge in [0.05, 0.1) is 106 Å². The van der Waals surface area contributed by atoms with Crippen LogP contribution in [0.4, 0.5) is 35.3 Å². The van der Waals surface area contributed by atoms with E-state index < -0.39 is 30.1 Å². The number of rotatable bonds is 47. The molecule has 4 atom stereocenters. The molecular formula is C103H149Cl2KN22O18. The predicted octanol–water partition coefficient (Wildman–Crippen LogP) is 13.8. The van der Waals surface area contributed by atoms with E-state index in [2.05, 4.69) is 157 Å². The van der Waals surface area contributed by atoms with Crippen LogP contribution in [0.15, 0.2) is 146 Å². The number of nitrogens with two attached hydrogens (primary N) is 3. The Morgan fingerprint density at radius 1 is 0.418 bits per heavy atom. The number of Topliss-reactive ketones (excluding diaryl/α,β-unsaturated/α-hetero) is 1. The number of unbranched alkanes of at least 4 members (excludes halogenated alkanes) is 4. The van der Waals surface area contributed by atoms with E-state index in [4.69, 9.17) is 93.2 Å². The number of nitrogens with zero attached hydrogens (tertiary/aromatic N) is 13. The number of carbonyl (C=O) groups excluding carboxylic acids is 3. The quantitative estimate of drug-likeness (QED) is 0.00729. The summed E-state index contributed by atoms with van der Waals surface area (Å²) >= 11 is 11.4. The molecule has 8 heterocycles. The van der Waals surface area contributed by atoms with Gasteiger partial charge in [0.2, 0.25) is 23.1 Å². The van der Waals surface area contributed by atoms with Crippen LogP contribution in [0.2, 0.25) is 10.4 Å². The summed E-state index contributed by atoms with van der Waals surface area (Å²) in [5, 5.41) is 46.2. The van der Waals surface area contributed by atoms with Crippen molar-refractivity contribution in [3.05, 3.63) is 179 Å². The number of aliphatic carboxylic acids is 1. The molecule has 0 unspecified atom stereocenters. The number of halogens is 2. The van der Waals surface area contributed by atoms with E-state index in [1.807, 2.05) is 104 Å². The normalized spacial score (nSPS) is 11.2. The van der Waals surface area contributed by atoms with Gasteiger partial charge in [0.1, 0.15) is 86.2 Å². The molecule has 0 aliphatic heterocycles. The number of fused-ring (bicyclic) bond motifs is 4. The molecule has 794 valence electrons. The molecule has 0 spiro atoms. The Hall–Kier alpha value is -11.9. The fraction of sp³-hybridized carbons (Fsp3) is 0.456. The number of carbonyl (C=O) groups is 4. The third kappa shape index (κ3) is 43.6. The number of hydrogen-bond donors (Lipinski definition) is 12. The molecule has 43 heteroatoms. The van der Waals surface area contributed by atoms with Crippen LogP contribution in [-0.2, 0) is 54.8 Å². The van der Waals surface area contributed by atoms with E-state index in [1.54, 1.807) is 106 Å². The maximum Gasteiger partial charge on any atom is 1.00 e. The van der Waals surface area contributed by atoms with Gasteiger partial charge in [0.15, 0.2) is 28.4 Å². The largest absolute Gasteiger partial charge is 1.00 e. The van der Waals surface area contributed by atoms with Crippen LogP contribution in [0.25, 0.3) is 44.1 Å². The first-order valence-electron chi connectivity index (χ1n) is 47.8. The molecule has 8 aromatic heterocycles. The standard InChI is InChI=1S/C25H33N5O4.C23H29N5O4.C22H27N5O4.C9H13NO2.C8H19N.C7H3Cl2N3.C7H15NO2.C2H7NO.K.H2O.H2/c1-4-5-8-19(21(32)10-7-14-31)28-24-23-20(9-6-13-26-23)29-25(30-24)27-16-17-11-12-18(33-2)15-22(17)34-3;1-5-6-8-18(22(29)32-4)26-21-20-17(9-7-12-24-20)27-23(28-21)25-14-15-10-11-16(30-2)13-19(15)31-3;1-4-5-7-17(21(28)29)25-20-19-16(8-6-11-23-19)26-22(27-20)24-13-14-9-10-15(30-2)12-18(14)31-3;1-11-8-4-3-7(6-10)9(5-8)12-2;1-6-9(7(2)3)8(4)5;8-6-5-4(2-1-3-10-5)11-7(9)12-6;1-3-4-5-6(8)7(9)10-2;3-1-2-4;;;/h6,9,11-13,15,19,31H,4-5,7-8,10,14,16H2,1-3H3,(H2,27,28,29,30);7,9-13,18H,5-6,8,14H2,1-4H3,(H2,25,26,27,28);6,8-12,17H,4-5,7,13H2,1-3H3,(H,28,29)(H2,24,25,26,27);3-5H,6,10H2,1-2H3;7-8H,6H2,1-5H3;1-3H;6H,3-5,8H2,1-2H3;4H,1-3H2;;1H2;1H/q;;;;;;;;+1;;/p-1/t19-;18-;17-;;;;6-;;;;/m111...1..../s1/i;;;;;;;;;;1+1. The number of carboxylic acids is 1. The summed E-state index contributed by atoms with van der Waals surface area (Å²) in [6.07, 6.45) is 17.4. The zero-order valence-electron chi connectivity index (χ0n) is 87.7. The van der Waals surface area contributed by atoms with Crippen LogP contribution >= 0.6 is 23.2 Å². The van der Waals surface area contributed by atoms with Crippen molar-refractivity contribution in [3.8, 4) is 46.0 Å². The third-order valence-electron chi connectivity index (χ3n) is 21.7. The number of pyridine rings is 4. The van der Waals surface area contributed by atoms with Crippen LogP contribution in [0.3, 0.4) is 0 Å². The molecule has 0 amide bonds. The number of ketones is 1. The summed E-state index contributed by atoms with van der Waals surface area (Å²) in [7, 11) is 15.6. The van der Waals surface area contributed by atoms with Crippen molar-refractivity contribution in [2.24, 2.45) is 17.2 Å². The first kappa shape index (κ1) is 128. The molecule has 0 radical (unpaired) electrons. The van der Waals surface area contributed by atoms with Crippen molar-refractivity contribution < 1.29 is 140 Å². The van der Waals surface area contributed by atoms with Crippen LogP contribution in [-0.4, -0.2) is 243 Å². The molecule has 40 nitrogen and oxygen atoms in total. The first-order valence-corrected chi connectivity index (χ1v) is 48.5. The SMILES string of the molecule is CCCC[C@@H](N)C(=O)OC.CCCC[C@@H](Nc1nc(NCc2ccc(OC)cc2OC)nc2cccnc12)C(=O)CCCO.CCCC[C@@H](Nc1nc(NCc2ccc(OC)cc2OC)nc2cccnc12)C(=O)O.CCCC[C@@H](Nc1nc(NCc2ccc(OC)cc2OC)nc2cccnc12)C(=O)OC.CCN(C(C)C)C(C)C.COc1ccc(CN)c(OC)c1.Clc1nc(Cl)c2ncccc2n1.NCCO.[2HH].[K+].[OH-]. The van der Waals surface area contributed by atoms with Gasteiger partial charge < -0.3 is 117 Å². The maximum atomic E-state index is 12.8. The minimum absolute atomic E-state index is 0. The van der Waals surface area contributed by atoms with Crippen LogP contribution in [0.1, 0.15) is 176 Å². The van der Waals surface area contributed by atoms with E-state index in [0.29, 0.717) is 191 Å². The van der Waals surface area contributed by atoms with Crippen molar-refractivity contribution in [1.29, 1.82) is 0 Å². The third-order valence-corrected chi connectivity index (χ3v) is 22.1. The number of carboxylic acid groups (broad SMARTS) is 1. The molecule has 0 saturated heterocycles. The maximum absolute atomic E-state index is 12.8. The van der Waals surface area contributed by atoms with E-state index in [-0.39, 0.29) is 99.7 Å². The van der Waals surface area contributed by atoms with E-state index >= 15 is 0 Å². The Morgan fingerprint density at radius 2 is 0.747 bits per heavy atom. The Morgan fingerprint density at radius 3 is 1.06 bits per heavy atom. The van der Waals surface area contributed by atoms with Crippen molar-refractivity contribution >= 4 is 126 Å². The van der Waals surface area contributed by atoms with Crippen molar-refractivity contribution in [2.75, 3.05) is 129 Å². The predicted molar refractivity (Wildman–Crippen MR) is 572 cm³/mol. The van der Waals surface area contributed by atoms with Gasteiger partial charge >= 0.3 is 69.3 Å². The molecule has 4 aromatic carbocycles. The number of anilines is 6. The minimum Gasteiger partial charge on any atom is -0.870 e. The molecule has 0 fully saturated rings. The minimum atomic E-state index is -0.923. The summed E-state index contributed by atoms with van der Waals surface area (Å²) < 4.78 is 51.7. The Kier molecular flexibility index (Phi) is 63.6. The van der Waals surface area contributed by atoms with E-state index in [0.717, 1.165) is 98.1 Å². The van der Waals surface area contributed by atoms with Crippen molar-refractivity contribution in [2.45, 2.75) is 215 Å². The number of benzene rings is 4. The molecule has 0 bridgehead atoms. The Labute approximate surface area is 910 Å². The second-order valence-corrected chi connectivity index (χ2v) is 33.1. The van der Waals surface area contributed by atoms with Crippen molar-refractivity contribution in [1.82, 2.24) is 64.7 Å². The van der Waals surface area contributed by atoms with E-state index in [1.165, 1.54) is 14.2 Å². The molecule has 12 aromatic rings. The second kappa shape index (κ2) is 72.4. The molecule has 0 aliphatic carbocycles. The number of methoxy groups -OCH3 is 10. The van der Waals surface area contributed by atoms with Crippen LogP contribution < -0.4 is 138 Å². The number of esters is 2. The molecule has 0 saturated carbocycles. The smallest absolute Gasteiger partial charge is 0.870 e. The summed E-state index contributed by atoms with van der Waals surface area (Å²) in [4.78, 5) is 102. The van der Waals surface area contributed by atoms with Gasteiger partial charge in [0.25, 0.3) is 0 Å². The average Bonchev–Trinajstić information content (AvgIpc) is 0.809. The van der Waals surface area contributed by atoms with Crippen LogP contribution in [0, 0.1) is 0 Å². The molecule has 146 heavy (non-hydrogen) atoms. The second-order valence-electron chi connectivity index (χ2n) is 32.4. The summed E-state index contributed by atoms with van der Waals surface area (Å²) in [5.41, 5.74) is 24.3. The van der Waals surface area contributed by atoms with Crippen LogP contribution in [0.5, 0.6) is 46.0 Å². The van der Waals surface area contributed by atoms with Gasteiger partial charge in [-0.1, -0.05) is 104 Å². The fourth-order valence-corrected chi connectivity index (χ4v) is 14.5.